The van der Waals surface area contributed by atoms with E-state index in [9.17, 15) is 0 Å². The van der Waals surface area contributed by atoms with Gasteiger partial charge in [-0.1, -0.05) is 31.5 Å². The van der Waals surface area contributed by atoms with Crippen molar-refractivity contribution < 1.29 is 4.42 Å². The molecule has 0 saturated carbocycles. The second kappa shape index (κ2) is 6.40. The fraction of sp³-hybridized carbons (Fsp3) is 0.533. The smallest absolute Gasteiger partial charge is 0.195 e. The summed E-state index contributed by atoms with van der Waals surface area (Å²) in [5.74, 6) is 2.03. The molecule has 2 aromatic rings. The Balaban J connectivity index is 2.07. The zero-order chi connectivity index (χ0) is 13.8. The highest BCUT2D eigenvalue weighted by Gasteiger charge is 2.15. The number of benzene rings is 1. The van der Waals surface area contributed by atoms with E-state index < -0.39 is 0 Å². The van der Waals surface area contributed by atoms with E-state index in [1.165, 1.54) is 0 Å². The van der Waals surface area contributed by atoms with E-state index in [1.807, 2.05) is 18.2 Å². The maximum Gasteiger partial charge on any atom is 0.195 e. The van der Waals surface area contributed by atoms with Crippen molar-refractivity contribution in [1.82, 2.24) is 4.98 Å². The number of rotatable bonds is 6. The van der Waals surface area contributed by atoms with Gasteiger partial charge in [-0.3, -0.25) is 0 Å². The van der Waals surface area contributed by atoms with Crippen molar-refractivity contribution in [2.45, 2.75) is 33.1 Å². The van der Waals surface area contributed by atoms with Gasteiger partial charge in [0, 0.05) is 6.42 Å². The Morgan fingerprint density at radius 3 is 2.74 bits per heavy atom. The molecule has 2 N–H and O–H groups in total. The minimum atomic E-state index is 0.621. The number of oxazole rings is 1. The van der Waals surface area contributed by atoms with Crippen LogP contribution < -0.4 is 5.73 Å². The Bertz CT molecular complexity index is 536. The van der Waals surface area contributed by atoms with E-state index in [-0.39, 0.29) is 0 Å². The molecule has 4 heteroatoms. The van der Waals surface area contributed by atoms with Crippen LogP contribution in [0.25, 0.3) is 11.1 Å². The van der Waals surface area contributed by atoms with Gasteiger partial charge in [0.05, 0.1) is 5.02 Å². The van der Waals surface area contributed by atoms with Crippen LogP contribution in [0.4, 0.5) is 0 Å². The molecule has 1 heterocycles. The van der Waals surface area contributed by atoms with Crippen molar-refractivity contribution in [1.29, 1.82) is 0 Å². The van der Waals surface area contributed by atoms with Gasteiger partial charge in [0.2, 0.25) is 0 Å². The highest BCUT2D eigenvalue weighted by Crippen LogP contribution is 2.26. The van der Waals surface area contributed by atoms with Crippen molar-refractivity contribution in [3.05, 3.63) is 29.1 Å². The quantitative estimate of drug-likeness (QED) is 0.869. The molecule has 2 rings (SSSR count). The predicted octanol–water partition coefficient (Wildman–Crippen LogP) is 4.03. The van der Waals surface area contributed by atoms with Crippen LogP contribution in [0.1, 0.15) is 32.6 Å². The number of para-hydroxylation sites is 1. The fourth-order valence-corrected chi connectivity index (χ4v) is 2.61. The van der Waals surface area contributed by atoms with Crippen LogP contribution in [-0.2, 0) is 6.42 Å². The van der Waals surface area contributed by atoms with Crippen molar-refractivity contribution >= 4 is 22.7 Å². The van der Waals surface area contributed by atoms with Gasteiger partial charge >= 0.3 is 0 Å². The lowest BCUT2D eigenvalue weighted by Crippen LogP contribution is -2.15. The molecule has 0 aliphatic rings. The van der Waals surface area contributed by atoms with Crippen LogP contribution in [0.2, 0.25) is 5.02 Å². The number of hydrogen-bond acceptors (Lipinski definition) is 3. The summed E-state index contributed by atoms with van der Waals surface area (Å²) in [6, 6.07) is 5.64. The molecule has 0 aliphatic heterocycles. The number of nitrogens with two attached hydrogens (primary N) is 1. The van der Waals surface area contributed by atoms with Gasteiger partial charge in [0.25, 0.3) is 0 Å². The summed E-state index contributed by atoms with van der Waals surface area (Å²) in [6.07, 6.45) is 2.95. The second-order valence-electron chi connectivity index (χ2n) is 5.32. The van der Waals surface area contributed by atoms with E-state index >= 15 is 0 Å². The van der Waals surface area contributed by atoms with Gasteiger partial charge in [0.1, 0.15) is 5.52 Å². The van der Waals surface area contributed by atoms with E-state index in [1.54, 1.807) is 0 Å². The lowest BCUT2D eigenvalue weighted by molar-refractivity contribution is 0.330. The third kappa shape index (κ3) is 3.48. The molecule has 0 spiro atoms. The minimum absolute atomic E-state index is 0.621. The minimum Gasteiger partial charge on any atom is -0.439 e. The molecule has 0 bridgehead atoms. The highest BCUT2D eigenvalue weighted by atomic mass is 35.5. The standard InChI is InChI=1S/C15H21ClN2O/c1-10(2)11(8-9-17)6-7-14-18-13-5-3-4-12(16)15(13)19-14/h3-5,10-11H,6-9,17H2,1-2H3. The first-order valence-electron chi connectivity index (χ1n) is 6.85. The number of hydrogen-bond donors (Lipinski definition) is 1. The molecule has 0 radical (unpaired) electrons. The summed E-state index contributed by atoms with van der Waals surface area (Å²) in [4.78, 5) is 4.48. The van der Waals surface area contributed by atoms with Crippen LogP contribution in [0, 0.1) is 11.8 Å². The summed E-state index contributed by atoms with van der Waals surface area (Å²) in [7, 11) is 0. The molecule has 3 nitrogen and oxygen atoms in total. The van der Waals surface area contributed by atoms with Crippen molar-refractivity contribution in [2.24, 2.45) is 17.6 Å². The Morgan fingerprint density at radius 1 is 1.32 bits per heavy atom. The summed E-state index contributed by atoms with van der Waals surface area (Å²) >= 11 is 6.08. The van der Waals surface area contributed by atoms with Gasteiger partial charge in [-0.2, -0.15) is 0 Å². The van der Waals surface area contributed by atoms with Gasteiger partial charge in [-0.05, 0) is 43.4 Å². The SMILES string of the molecule is CC(C)C(CCN)CCc1nc2cccc(Cl)c2o1. The topological polar surface area (TPSA) is 52.0 Å². The summed E-state index contributed by atoms with van der Waals surface area (Å²) in [5, 5.41) is 0.624. The van der Waals surface area contributed by atoms with Gasteiger partial charge < -0.3 is 10.2 Å². The van der Waals surface area contributed by atoms with Crippen LogP contribution in [0.15, 0.2) is 22.6 Å². The summed E-state index contributed by atoms with van der Waals surface area (Å²) < 4.78 is 5.73. The number of aromatic nitrogens is 1. The maximum atomic E-state index is 6.08. The maximum absolute atomic E-state index is 6.08. The summed E-state index contributed by atoms with van der Waals surface area (Å²) in [6.45, 7) is 5.22. The Hall–Kier alpha value is -1.06. The zero-order valence-electron chi connectivity index (χ0n) is 11.5. The molecule has 1 unspecified atom stereocenters. The number of aryl methyl sites for hydroxylation is 1. The largest absolute Gasteiger partial charge is 0.439 e. The average Bonchev–Trinajstić information content (AvgIpc) is 2.78. The molecule has 0 fully saturated rings. The molecule has 0 aliphatic carbocycles. The van der Waals surface area contributed by atoms with Crippen LogP contribution in [0.3, 0.4) is 0 Å². The Morgan fingerprint density at radius 2 is 2.11 bits per heavy atom. The first kappa shape index (κ1) is 14.4. The summed E-state index contributed by atoms with van der Waals surface area (Å²) in [5.41, 5.74) is 7.19. The van der Waals surface area contributed by atoms with Gasteiger partial charge in [0.15, 0.2) is 11.5 Å². The van der Waals surface area contributed by atoms with E-state index in [0.717, 1.165) is 37.2 Å². The van der Waals surface area contributed by atoms with Gasteiger partial charge in [-0.25, -0.2) is 4.98 Å². The third-order valence-corrected chi connectivity index (χ3v) is 3.92. The third-order valence-electron chi connectivity index (χ3n) is 3.62. The molecule has 1 aromatic heterocycles. The van der Waals surface area contributed by atoms with Crippen molar-refractivity contribution in [3.63, 3.8) is 0 Å². The molecule has 104 valence electrons. The van der Waals surface area contributed by atoms with E-state index in [4.69, 9.17) is 21.8 Å². The number of fused-ring (bicyclic) bond motifs is 1. The van der Waals surface area contributed by atoms with E-state index in [2.05, 4.69) is 18.8 Å². The molecule has 0 saturated heterocycles. The van der Waals surface area contributed by atoms with Crippen molar-refractivity contribution in [3.8, 4) is 0 Å². The molecule has 0 amide bonds. The van der Waals surface area contributed by atoms with Crippen LogP contribution >= 0.6 is 11.6 Å². The van der Waals surface area contributed by atoms with Crippen LogP contribution in [-0.4, -0.2) is 11.5 Å². The molecular weight excluding hydrogens is 260 g/mol. The second-order valence-corrected chi connectivity index (χ2v) is 5.72. The lowest BCUT2D eigenvalue weighted by atomic mass is 9.88. The Kier molecular flexibility index (Phi) is 4.83. The van der Waals surface area contributed by atoms with Gasteiger partial charge in [-0.15, -0.1) is 0 Å². The van der Waals surface area contributed by atoms with Crippen LogP contribution in [0.5, 0.6) is 0 Å². The molecule has 19 heavy (non-hydrogen) atoms. The Labute approximate surface area is 119 Å². The highest BCUT2D eigenvalue weighted by molar-refractivity contribution is 6.34. The lowest BCUT2D eigenvalue weighted by Gasteiger charge is -2.18. The molecule has 1 atom stereocenters. The zero-order valence-corrected chi connectivity index (χ0v) is 12.3. The number of halogens is 1. The molecule has 1 aromatic carbocycles. The first-order valence-corrected chi connectivity index (χ1v) is 7.23. The fourth-order valence-electron chi connectivity index (χ4n) is 2.40. The molecular formula is C15H21ClN2O. The first-order chi connectivity index (χ1) is 9.11. The normalized spacial score (nSPS) is 13.3. The monoisotopic (exact) mass is 280 g/mol. The number of nitrogens with zero attached hydrogens (tertiary/aromatic N) is 1. The van der Waals surface area contributed by atoms with E-state index in [0.29, 0.717) is 22.4 Å². The average molecular weight is 281 g/mol. The van der Waals surface area contributed by atoms with Crippen molar-refractivity contribution in [2.75, 3.05) is 6.54 Å². The predicted molar refractivity (Wildman–Crippen MR) is 79.3 cm³/mol.